The molecule has 0 saturated carbocycles. The van der Waals surface area contributed by atoms with Crippen molar-refractivity contribution in [1.29, 1.82) is 0 Å². The maximum absolute atomic E-state index is 12.4. The number of benzene rings is 3. The molecule has 36 heavy (non-hydrogen) atoms. The number of aliphatic imine (C=N–C) groups is 1. The third-order valence-electron chi connectivity index (χ3n) is 4.93. The molecule has 0 spiro atoms. The first-order valence-electron chi connectivity index (χ1n) is 10.5. The van der Waals surface area contributed by atoms with E-state index in [1.165, 1.54) is 19.1 Å². The summed E-state index contributed by atoms with van der Waals surface area (Å²) in [6.07, 6.45) is 1.64. The van der Waals surface area contributed by atoms with Gasteiger partial charge >= 0.3 is 5.97 Å². The van der Waals surface area contributed by atoms with Crippen molar-refractivity contribution in [2.24, 2.45) is 4.99 Å². The van der Waals surface area contributed by atoms with Gasteiger partial charge in [-0.2, -0.15) is 0 Å². The molecule has 1 N–H and O–H groups in total. The number of amides is 1. The third kappa shape index (κ3) is 6.26. The summed E-state index contributed by atoms with van der Waals surface area (Å²) < 4.78 is 13.0. The summed E-state index contributed by atoms with van der Waals surface area (Å²) in [6.45, 7) is 1.68. The van der Waals surface area contributed by atoms with E-state index >= 15 is 0 Å². The molecule has 4 rings (SSSR count). The number of carbonyl (C=O) groups is 2. The molecule has 0 aliphatic carbocycles. The molecule has 1 heterocycles. The van der Waals surface area contributed by atoms with Crippen molar-refractivity contribution in [3.8, 4) is 5.75 Å². The SMILES string of the molecule is CC(=O)Nc1ccc(C2=N/C(=C\c3cc(I)c(OCc4ccc([N+](=O)[O-])cc4)c(I)c3)C(=O)O2)cc1. The monoisotopic (exact) mass is 709 g/mol. The molecule has 1 aliphatic rings. The molecule has 0 fully saturated rings. The van der Waals surface area contributed by atoms with E-state index in [1.54, 1.807) is 42.5 Å². The van der Waals surface area contributed by atoms with Gasteiger partial charge in [0.15, 0.2) is 5.70 Å². The first kappa shape index (κ1) is 25.8. The summed E-state index contributed by atoms with van der Waals surface area (Å²) in [5, 5.41) is 13.5. The molecule has 182 valence electrons. The van der Waals surface area contributed by atoms with Gasteiger partial charge in [-0.3, -0.25) is 14.9 Å². The first-order valence-corrected chi connectivity index (χ1v) is 12.6. The number of nitro benzene ring substituents is 1. The van der Waals surface area contributed by atoms with Crippen LogP contribution in [0, 0.1) is 17.3 Å². The predicted octanol–water partition coefficient (Wildman–Crippen LogP) is 5.69. The molecule has 1 amide bonds. The molecular formula is C25H17I2N3O6. The number of non-ortho nitro benzene ring substituents is 1. The van der Waals surface area contributed by atoms with Gasteiger partial charge in [-0.25, -0.2) is 9.79 Å². The van der Waals surface area contributed by atoms with E-state index in [-0.39, 0.29) is 29.8 Å². The van der Waals surface area contributed by atoms with Crippen LogP contribution in [0.15, 0.2) is 71.4 Å². The molecule has 0 radical (unpaired) electrons. The fourth-order valence-corrected chi connectivity index (χ4v) is 5.39. The van der Waals surface area contributed by atoms with Crippen molar-refractivity contribution in [2.45, 2.75) is 13.5 Å². The van der Waals surface area contributed by atoms with Crippen LogP contribution < -0.4 is 10.1 Å². The number of hydrogen-bond acceptors (Lipinski definition) is 7. The van der Waals surface area contributed by atoms with Crippen molar-refractivity contribution in [1.82, 2.24) is 0 Å². The summed E-state index contributed by atoms with van der Waals surface area (Å²) in [4.78, 5) is 38.3. The number of anilines is 1. The highest BCUT2D eigenvalue weighted by molar-refractivity contribution is 14.1. The zero-order chi connectivity index (χ0) is 25.8. The van der Waals surface area contributed by atoms with Crippen molar-refractivity contribution < 1.29 is 24.0 Å². The minimum absolute atomic E-state index is 0.0264. The molecule has 0 aromatic heterocycles. The van der Waals surface area contributed by atoms with E-state index in [0.29, 0.717) is 17.0 Å². The molecule has 9 nitrogen and oxygen atoms in total. The lowest BCUT2D eigenvalue weighted by atomic mass is 10.2. The number of nitro groups is 1. The summed E-state index contributed by atoms with van der Waals surface area (Å²) in [7, 11) is 0. The number of carbonyl (C=O) groups excluding carboxylic acids is 2. The molecule has 0 unspecified atom stereocenters. The molecule has 11 heteroatoms. The molecule has 3 aromatic rings. The van der Waals surface area contributed by atoms with E-state index in [0.717, 1.165) is 18.3 Å². The summed E-state index contributed by atoms with van der Waals surface area (Å²) in [5.74, 6) is 0.131. The van der Waals surface area contributed by atoms with Crippen molar-refractivity contribution in [3.05, 3.63) is 100 Å². The van der Waals surface area contributed by atoms with Crippen LogP contribution >= 0.6 is 45.2 Å². The Kier molecular flexibility index (Phi) is 7.98. The van der Waals surface area contributed by atoms with E-state index in [1.807, 2.05) is 12.1 Å². The highest BCUT2D eigenvalue weighted by Crippen LogP contribution is 2.31. The average molecular weight is 709 g/mol. The summed E-state index contributed by atoms with van der Waals surface area (Å²) in [5.41, 5.74) is 3.00. The Balaban J connectivity index is 1.49. The molecule has 0 atom stereocenters. The molecule has 0 saturated heterocycles. The number of nitrogens with zero attached hydrogens (tertiary/aromatic N) is 2. The smallest absolute Gasteiger partial charge is 0.363 e. The van der Waals surface area contributed by atoms with E-state index < -0.39 is 10.9 Å². The van der Waals surface area contributed by atoms with Crippen LogP contribution in [-0.4, -0.2) is 22.7 Å². The predicted molar refractivity (Wildman–Crippen MR) is 151 cm³/mol. The van der Waals surface area contributed by atoms with E-state index in [2.05, 4.69) is 55.5 Å². The van der Waals surface area contributed by atoms with Crippen LogP contribution in [0.4, 0.5) is 11.4 Å². The topological polar surface area (TPSA) is 120 Å². The molecular weight excluding hydrogens is 692 g/mol. The average Bonchev–Trinajstić information content (AvgIpc) is 3.19. The molecule has 0 bridgehead atoms. The third-order valence-corrected chi connectivity index (χ3v) is 6.53. The quantitative estimate of drug-likeness (QED) is 0.111. The Labute approximate surface area is 233 Å². The van der Waals surface area contributed by atoms with E-state index in [4.69, 9.17) is 9.47 Å². The largest absolute Gasteiger partial charge is 0.487 e. The van der Waals surface area contributed by atoms with Gasteiger partial charge in [0.2, 0.25) is 11.8 Å². The Bertz CT molecular complexity index is 1390. The van der Waals surface area contributed by atoms with Gasteiger partial charge in [-0.1, -0.05) is 0 Å². The zero-order valence-electron chi connectivity index (χ0n) is 18.7. The lowest BCUT2D eigenvalue weighted by Gasteiger charge is -2.11. The minimum atomic E-state index is -0.556. The second-order valence-corrected chi connectivity index (χ2v) is 9.94. The van der Waals surface area contributed by atoms with Crippen LogP contribution in [-0.2, 0) is 20.9 Å². The summed E-state index contributed by atoms with van der Waals surface area (Å²) >= 11 is 4.31. The van der Waals surface area contributed by atoms with Crippen LogP contribution in [0.3, 0.4) is 0 Å². The number of halogens is 2. The lowest BCUT2D eigenvalue weighted by Crippen LogP contribution is -2.07. The van der Waals surface area contributed by atoms with Crippen LogP contribution in [0.5, 0.6) is 5.75 Å². The maximum Gasteiger partial charge on any atom is 0.363 e. The Morgan fingerprint density at radius 3 is 2.33 bits per heavy atom. The van der Waals surface area contributed by atoms with Crippen molar-refractivity contribution in [2.75, 3.05) is 5.32 Å². The second kappa shape index (κ2) is 11.2. The second-order valence-electron chi connectivity index (χ2n) is 7.62. The van der Waals surface area contributed by atoms with Gasteiger partial charge in [-0.05, 0) is 111 Å². The fourth-order valence-electron chi connectivity index (χ4n) is 3.26. The maximum atomic E-state index is 12.4. The van der Waals surface area contributed by atoms with Gasteiger partial charge in [0.25, 0.3) is 5.69 Å². The lowest BCUT2D eigenvalue weighted by molar-refractivity contribution is -0.384. The fraction of sp³-hybridized carbons (Fsp3) is 0.0800. The summed E-state index contributed by atoms with van der Waals surface area (Å²) in [6, 6.07) is 16.8. The normalized spacial score (nSPS) is 13.8. The molecule has 1 aliphatic heterocycles. The van der Waals surface area contributed by atoms with Gasteiger partial charge in [-0.15, -0.1) is 0 Å². The number of nitrogens with one attached hydrogen (secondary N) is 1. The van der Waals surface area contributed by atoms with Gasteiger partial charge < -0.3 is 14.8 Å². The van der Waals surface area contributed by atoms with Crippen LogP contribution in [0.25, 0.3) is 6.08 Å². The van der Waals surface area contributed by atoms with Gasteiger partial charge in [0, 0.05) is 30.3 Å². The van der Waals surface area contributed by atoms with Gasteiger partial charge in [0.1, 0.15) is 12.4 Å². The Hall–Kier alpha value is -3.33. The van der Waals surface area contributed by atoms with Crippen LogP contribution in [0.1, 0.15) is 23.6 Å². The zero-order valence-corrected chi connectivity index (χ0v) is 23.0. The number of esters is 1. The highest BCUT2D eigenvalue weighted by Gasteiger charge is 2.24. The number of ether oxygens (including phenoxy) is 2. The van der Waals surface area contributed by atoms with Crippen molar-refractivity contribution in [3.63, 3.8) is 0 Å². The van der Waals surface area contributed by atoms with E-state index in [9.17, 15) is 19.7 Å². The van der Waals surface area contributed by atoms with Gasteiger partial charge in [0.05, 0.1) is 12.1 Å². The Morgan fingerprint density at radius 2 is 1.75 bits per heavy atom. The number of rotatable bonds is 7. The Morgan fingerprint density at radius 1 is 1.11 bits per heavy atom. The van der Waals surface area contributed by atoms with Crippen molar-refractivity contribution >= 4 is 80.4 Å². The highest BCUT2D eigenvalue weighted by atomic mass is 127. The number of hydrogen-bond donors (Lipinski definition) is 1. The minimum Gasteiger partial charge on any atom is -0.487 e. The van der Waals surface area contributed by atoms with Crippen LogP contribution in [0.2, 0.25) is 0 Å². The number of cyclic esters (lactones) is 1. The first-order chi connectivity index (χ1) is 17.2. The standard InChI is InChI=1S/C25H17I2N3O6/c1-14(31)28-18-6-4-17(5-7-18)24-29-22(25(32)36-24)12-16-10-20(26)23(21(27)11-16)35-13-15-2-8-19(9-3-15)30(33)34/h2-12H,13H2,1H3,(H,28,31)/b22-12-. The molecule has 3 aromatic carbocycles.